The van der Waals surface area contributed by atoms with Crippen molar-refractivity contribution >= 4 is 12.8 Å². The Morgan fingerprint density at radius 3 is 2.56 bits per heavy atom. The molecule has 0 radical (unpaired) electrons. The molecule has 9 heavy (non-hydrogen) atoms. The maximum absolute atomic E-state index is 4.06. The summed E-state index contributed by atoms with van der Waals surface area (Å²) in [5, 5.41) is 0. The highest BCUT2D eigenvalue weighted by molar-refractivity contribution is 7.78. The summed E-state index contributed by atoms with van der Waals surface area (Å²) in [5.41, 5.74) is 0. The Morgan fingerprint density at radius 1 is 1.67 bits per heavy atom. The number of aryl methyl sites for hydroxylation is 1. The van der Waals surface area contributed by atoms with Gasteiger partial charge in [-0.3, -0.25) is 0 Å². The molecule has 4 heteroatoms. The van der Waals surface area contributed by atoms with Crippen molar-refractivity contribution in [3.05, 3.63) is 18.7 Å². The second-order valence-electron chi connectivity index (χ2n) is 1.62. The zero-order valence-electron chi connectivity index (χ0n) is 5.16. The van der Waals surface area contributed by atoms with E-state index in [1.54, 1.807) is 3.97 Å². The van der Waals surface area contributed by atoms with E-state index in [2.05, 4.69) is 19.7 Å². The van der Waals surface area contributed by atoms with Crippen molar-refractivity contribution in [2.45, 2.75) is 13.5 Å². The van der Waals surface area contributed by atoms with Crippen LogP contribution in [0, 0.1) is 0 Å². The maximum Gasteiger partial charge on any atom is 0.255 e. The lowest BCUT2D eigenvalue weighted by Crippen LogP contribution is -3.00. The Kier molecular flexibility index (Phi) is 3.97. The van der Waals surface area contributed by atoms with E-state index in [0.29, 0.717) is 0 Å². The van der Waals surface area contributed by atoms with E-state index in [0.717, 1.165) is 6.54 Å². The molecule has 0 saturated carbocycles. The molecule has 0 aromatic carbocycles. The van der Waals surface area contributed by atoms with Crippen LogP contribution in [0.25, 0.3) is 0 Å². The smallest absolute Gasteiger partial charge is 0.255 e. The van der Waals surface area contributed by atoms with Gasteiger partial charge in [0.1, 0.15) is 12.4 Å². The number of rotatable bonds is 1. The molecule has 0 aliphatic carbocycles. The summed E-state index contributed by atoms with van der Waals surface area (Å²) in [7, 11) is 0. The third kappa shape index (κ3) is 2.41. The number of thiol groups is 1. The molecular weight excluding hydrogens is 200 g/mol. The number of hydrogen-bond donors (Lipinski definition) is 1. The topological polar surface area (TPSA) is 8.81 Å². The first kappa shape index (κ1) is 9.04. The lowest BCUT2D eigenvalue weighted by atomic mass is 10.7. The van der Waals surface area contributed by atoms with Crippen LogP contribution in [0.15, 0.2) is 18.7 Å². The lowest BCUT2D eigenvalue weighted by molar-refractivity contribution is -0.692. The Bertz CT molecular complexity index is 175. The van der Waals surface area contributed by atoms with Gasteiger partial charge in [-0.25, -0.2) is 4.57 Å². The second-order valence-corrected chi connectivity index (χ2v) is 2.09. The molecule has 1 aromatic rings. The van der Waals surface area contributed by atoms with Crippen molar-refractivity contribution in [3.63, 3.8) is 0 Å². The molecule has 1 aromatic heterocycles. The lowest BCUT2D eigenvalue weighted by Gasteiger charge is -1.80. The Morgan fingerprint density at radius 2 is 2.33 bits per heavy atom. The van der Waals surface area contributed by atoms with Crippen molar-refractivity contribution in [2.75, 3.05) is 0 Å². The van der Waals surface area contributed by atoms with Crippen LogP contribution in [-0.2, 0) is 6.54 Å². The van der Waals surface area contributed by atoms with Crippen molar-refractivity contribution in [3.8, 4) is 0 Å². The summed E-state index contributed by atoms with van der Waals surface area (Å²) in [6, 6.07) is 0. The van der Waals surface area contributed by atoms with Crippen molar-refractivity contribution in [2.24, 2.45) is 0 Å². The van der Waals surface area contributed by atoms with E-state index >= 15 is 0 Å². The Balaban J connectivity index is 0.000000640. The molecule has 0 atom stereocenters. The van der Waals surface area contributed by atoms with Crippen molar-refractivity contribution in [1.82, 2.24) is 3.97 Å². The SMILES string of the molecule is CC[n+]1ccn(S)c1.[Br-]. The molecule has 0 saturated heterocycles. The zero-order valence-corrected chi connectivity index (χ0v) is 7.64. The van der Waals surface area contributed by atoms with Gasteiger partial charge in [-0.05, 0) is 6.92 Å². The normalized spacial score (nSPS) is 8.67. The summed E-state index contributed by atoms with van der Waals surface area (Å²) in [4.78, 5) is 0. The fourth-order valence-corrected chi connectivity index (χ4v) is 0.762. The van der Waals surface area contributed by atoms with Gasteiger partial charge in [-0.1, -0.05) is 0 Å². The average Bonchev–Trinajstić information content (AvgIpc) is 2.14. The molecule has 52 valence electrons. The molecule has 0 spiro atoms. The third-order valence-electron chi connectivity index (χ3n) is 1.04. The predicted molar refractivity (Wildman–Crippen MR) is 34.7 cm³/mol. The van der Waals surface area contributed by atoms with Crippen LogP contribution in [0.5, 0.6) is 0 Å². The molecule has 0 amide bonds. The third-order valence-corrected chi connectivity index (χ3v) is 1.28. The van der Waals surface area contributed by atoms with Gasteiger partial charge in [0, 0.05) is 12.8 Å². The van der Waals surface area contributed by atoms with Gasteiger partial charge in [0.2, 0.25) is 0 Å². The summed E-state index contributed by atoms with van der Waals surface area (Å²) < 4.78 is 3.77. The fraction of sp³-hybridized carbons (Fsp3) is 0.400. The van der Waals surface area contributed by atoms with Gasteiger partial charge >= 0.3 is 0 Å². The van der Waals surface area contributed by atoms with E-state index in [1.807, 2.05) is 23.3 Å². The van der Waals surface area contributed by atoms with Crippen LogP contribution in [0.1, 0.15) is 6.92 Å². The van der Waals surface area contributed by atoms with E-state index < -0.39 is 0 Å². The number of halogens is 1. The number of hydrogen-bond acceptors (Lipinski definition) is 1. The van der Waals surface area contributed by atoms with Crippen LogP contribution in [0.4, 0.5) is 0 Å². The predicted octanol–water partition coefficient (Wildman–Crippen LogP) is -2.51. The minimum Gasteiger partial charge on any atom is -1.00 e. The van der Waals surface area contributed by atoms with E-state index in [1.165, 1.54) is 0 Å². The second kappa shape index (κ2) is 3.95. The average molecular weight is 209 g/mol. The van der Waals surface area contributed by atoms with Gasteiger partial charge < -0.3 is 17.0 Å². The van der Waals surface area contributed by atoms with E-state index in [9.17, 15) is 0 Å². The van der Waals surface area contributed by atoms with Gasteiger partial charge in [0.25, 0.3) is 6.33 Å². The maximum atomic E-state index is 4.06. The van der Waals surface area contributed by atoms with Gasteiger partial charge in [0.15, 0.2) is 0 Å². The van der Waals surface area contributed by atoms with Gasteiger partial charge in [-0.2, -0.15) is 3.97 Å². The highest BCUT2D eigenvalue weighted by Gasteiger charge is 1.93. The molecule has 0 unspecified atom stereocenters. The number of nitrogens with zero attached hydrogens (tertiary/aromatic N) is 2. The van der Waals surface area contributed by atoms with Crippen molar-refractivity contribution in [1.29, 1.82) is 0 Å². The van der Waals surface area contributed by atoms with Crippen LogP contribution in [0.3, 0.4) is 0 Å². The molecule has 0 N–H and O–H groups in total. The van der Waals surface area contributed by atoms with Crippen molar-refractivity contribution < 1.29 is 21.5 Å². The quantitative estimate of drug-likeness (QED) is 0.386. The highest BCUT2D eigenvalue weighted by Crippen LogP contribution is 1.82. The molecule has 1 rings (SSSR count). The van der Waals surface area contributed by atoms with Crippen LogP contribution >= 0.6 is 12.8 Å². The largest absolute Gasteiger partial charge is 1.00 e. The van der Waals surface area contributed by atoms with Crippen LogP contribution in [-0.4, -0.2) is 3.97 Å². The monoisotopic (exact) mass is 208 g/mol. The standard InChI is InChI=1S/C5H9N2S.BrH/c1-2-6-3-4-7(8)5-6;/h3-5,8H,2H2,1H3;1H/q+1;/p-1. The molecule has 1 heterocycles. The molecule has 0 aliphatic heterocycles. The molecular formula is C5H9BrN2S. The Labute approximate surface area is 70.8 Å². The molecule has 2 nitrogen and oxygen atoms in total. The number of aromatic nitrogens is 2. The minimum atomic E-state index is 0. The first-order valence-electron chi connectivity index (χ1n) is 2.59. The highest BCUT2D eigenvalue weighted by atomic mass is 79.9. The van der Waals surface area contributed by atoms with Gasteiger partial charge in [-0.15, -0.1) is 0 Å². The van der Waals surface area contributed by atoms with E-state index in [4.69, 9.17) is 0 Å². The first-order valence-corrected chi connectivity index (χ1v) is 2.99. The molecule has 0 fully saturated rings. The van der Waals surface area contributed by atoms with E-state index in [-0.39, 0.29) is 17.0 Å². The fourth-order valence-electron chi connectivity index (χ4n) is 0.570. The minimum absolute atomic E-state index is 0. The molecule has 0 bridgehead atoms. The zero-order chi connectivity index (χ0) is 5.98. The number of imidazole rings is 1. The first-order chi connectivity index (χ1) is 3.83. The Hall–Kier alpha value is 0.0400. The molecule has 0 aliphatic rings. The van der Waals surface area contributed by atoms with Crippen LogP contribution < -0.4 is 21.5 Å². The summed E-state index contributed by atoms with van der Waals surface area (Å²) >= 11 is 4.06. The van der Waals surface area contributed by atoms with Crippen LogP contribution in [0.2, 0.25) is 0 Å². The van der Waals surface area contributed by atoms with Gasteiger partial charge in [0.05, 0.1) is 6.54 Å². The summed E-state index contributed by atoms with van der Waals surface area (Å²) in [5.74, 6) is 0. The summed E-state index contributed by atoms with van der Waals surface area (Å²) in [6.45, 7) is 3.10. The summed E-state index contributed by atoms with van der Waals surface area (Å²) in [6.07, 6.45) is 5.79.